The van der Waals surface area contributed by atoms with Crippen LogP contribution in [0.4, 0.5) is 5.69 Å². The van der Waals surface area contributed by atoms with Gasteiger partial charge >= 0.3 is 0 Å². The maximum Gasteiger partial charge on any atom is 0.243 e. The molecule has 3 aromatic rings. The third kappa shape index (κ3) is 9.48. The first-order valence-electron chi connectivity index (χ1n) is 14.0. The topological polar surface area (TPSA) is 86.8 Å². The second kappa shape index (κ2) is 15.4. The van der Waals surface area contributed by atoms with Gasteiger partial charge in [-0.15, -0.1) is 0 Å². The van der Waals surface area contributed by atoms with Crippen LogP contribution in [0, 0.1) is 13.8 Å². The number of carbonyl (C=O) groups excluding carboxylic acids is 2. The van der Waals surface area contributed by atoms with Gasteiger partial charge in [0.05, 0.1) is 22.0 Å². The van der Waals surface area contributed by atoms with Crippen molar-refractivity contribution in [2.45, 2.75) is 59.0 Å². The Morgan fingerprint density at radius 2 is 1.64 bits per heavy atom. The number of aryl methyl sites for hydroxylation is 2. The second-order valence-electron chi connectivity index (χ2n) is 10.5. The zero-order valence-electron chi connectivity index (χ0n) is 24.6. The minimum Gasteiger partial charge on any atom is -0.354 e. The number of anilines is 1. The molecule has 0 aliphatic carbocycles. The molecule has 1 N–H and O–H groups in total. The molecule has 1 atom stereocenters. The van der Waals surface area contributed by atoms with Gasteiger partial charge in [0.15, 0.2) is 0 Å². The number of amides is 2. The Labute approximate surface area is 259 Å². The fraction of sp³-hybridized carbons (Fsp3) is 0.375. The number of benzene rings is 3. The van der Waals surface area contributed by atoms with Gasteiger partial charge < -0.3 is 10.2 Å². The number of hydrogen-bond acceptors (Lipinski definition) is 4. The molecule has 0 aliphatic rings. The van der Waals surface area contributed by atoms with E-state index in [0.29, 0.717) is 28.7 Å². The number of carbonyl (C=O) groups is 2. The molecule has 0 aromatic heterocycles. The van der Waals surface area contributed by atoms with Gasteiger partial charge in [0.25, 0.3) is 0 Å². The first-order valence-corrected chi connectivity index (χ1v) is 16.6. The van der Waals surface area contributed by atoms with Gasteiger partial charge in [-0.05, 0) is 67.1 Å². The quantitative estimate of drug-likeness (QED) is 0.225. The Morgan fingerprint density at radius 1 is 0.929 bits per heavy atom. The van der Waals surface area contributed by atoms with E-state index in [9.17, 15) is 18.0 Å². The fourth-order valence-electron chi connectivity index (χ4n) is 4.73. The fourth-order valence-corrected chi connectivity index (χ4v) is 6.06. The van der Waals surface area contributed by atoms with E-state index < -0.39 is 16.1 Å². The van der Waals surface area contributed by atoms with Crippen LogP contribution in [0.3, 0.4) is 0 Å². The molecule has 3 rings (SSSR count). The number of sulfonamides is 1. The van der Waals surface area contributed by atoms with Crippen LogP contribution < -0.4 is 9.62 Å². The number of hydrogen-bond donors (Lipinski definition) is 1. The van der Waals surface area contributed by atoms with Crippen LogP contribution in [0.1, 0.15) is 48.4 Å². The molecule has 0 spiro atoms. The second-order valence-corrected chi connectivity index (χ2v) is 13.2. The number of rotatable bonds is 14. The van der Waals surface area contributed by atoms with Crippen molar-refractivity contribution in [3.63, 3.8) is 0 Å². The highest BCUT2D eigenvalue weighted by molar-refractivity contribution is 7.92. The smallest absolute Gasteiger partial charge is 0.243 e. The number of nitrogens with zero attached hydrogens (tertiary/aromatic N) is 2. The molecule has 1 unspecified atom stereocenters. The summed E-state index contributed by atoms with van der Waals surface area (Å²) in [4.78, 5) is 29.0. The SMILES string of the molecule is CCCNC(=O)C(Cc1ccccc1)N(Cc1ccc(Cl)c(Cl)c1)C(=O)CCCN(c1cc(C)ccc1C)S(C)(=O)=O. The molecule has 2 amide bonds. The van der Waals surface area contributed by atoms with Crippen molar-refractivity contribution >= 4 is 50.7 Å². The Morgan fingerprint density at radius 3 is 2.29 bits per heavy atom. The van der Waals surface area contributed by atoms with Crippen LogP contribution in [0.25, 0.3) is 0 Å². The standard InChI is InChI=1S/C32H39Cl2N3O4S/c1-5-17-35-32(39)30(21-25-10-7-6-8-11-25)36(22-26-15-16-27(33)28(34)20-26)31(38)12-9-18-37(42(4,40)41)29-19-23(2)13-14-24(29)3/h6-8,10-11,13-16,19-20,30H,5,9,12,17-18,21-22H2,1-4H3,(H,35,39). The van der Waals surface area contributed by atoms with Gasteiger partial charge in [0.2, 0.25) is 21.8 Å². The van der Waals surface area contributed by atoms with Crippen molar-refractivity contribution < 1.29 is 18.0 Å². The van der Waals surface area contributed by atoms with Crippen molar-refractivity contribution in [1.29, 1.82) is 0 Å². The summed E-state index contributed by atoms with van der Waals surface area (Å²) in [5.41, 5.74) is 4.01. The summed E-state index contributed by atoms with van der Waals surface area (Å²) in [6, 6.07) is 19.6. The molecule has 0 saturated heterocycles. The van der Waals surface area contributed by atoms with E-state index in [1.54, 1.807) is 23.1 Å². The molecule has 0 bridgehead atoms. The van der Waals surface area contributed by atoms with Gasteiger partial charge in [-0.1, -0.05) is 78.7 Å². The highest BCUT2D eigenvalue weighted by Gasteiger charge is 2.30. The molecular formula is C32H39Cl2N3O4S. The molecule has 42 heavy (non-hydrogen) atoms. The van der Waals surface area contributed by atoms with Crippen LogP contribution >= 0.6 is 23.2 Å². The first kappa shape index (κ1) is 33.4. The maximum absolute atomic E-state index is 13.9. The minimum atomic E-state index is -3.60. The largest absolute Gasteiger partial charge is 0.354 e. The van der Waals surface area contributed by atoms with Crippen molar-refractivity contribution in [2.75, 3.05) is 23.7 Å². The predicted octanol–water partition coefficient (Wildman–Crippen LogP) is 6.32. The molecule has 0 heterocycles. The first-order chi connectivity index (χ1) is 19.9. The highest BCUT2D eigenvalue weighted by atomic mass is 35.5. The van der Waals surface area contributed by atoms with Crippen molar-refractivity contribution in [1.82, 2.24) is 10.2 Å². The van der Waals surface area contributed by atoms with E-state index in [0.717, 1.165) is 28.7 Å². The molecular weight excluding hydrogens is 593 g/mol. The Balaban J connectivity index is 1.91. The molecule has 0 fully saturated rings. The monoisotopic (exact) mass is 631 g/mol. The van der Waals surface area contributed by atoms with Gasteiger partial charge in [0, 0.05) is 32.5 Å². The van der Waals surface area contributed by atoms with E-state index in [1.165, 1.54) is 10.6 Å². The van der Waals surface area contributed by atoms with Crippen molar-refractivity contribution in [3.05, 3.63) is 99.0 Å². The summed E-state index contributed by atoms with van der Waals surface area (Å²) in [5, 5.41) is 3.70. The lowest BCUT2D eigenvalue weighted by Crippen LogP contribution is -2.50. The molecule has 7 nitrogen and oxygen atoms in total. The van der Waals surface area contributed by atoms with Crippen molar-refractivity contribution in [2.24, 2.45) is 0 Å². The zero-order valence-corrected chi connectivity index (χ0v) is 26.9. The minimum absolute atomic E-state index is 0.0462. The lowest BCUT2D eigenvalue weighted by Gasteiger charge is -2.32. The van der Waals surface area contributed by atoms with Crippen LogP contribution in [-0.4, -0.2) is 50.5 Å². The highest BCUT2D eigenvalue weighted by Crippen LogP contribution is 2.26. The average molecular weight is 633 g/mol. The van der Waals surface area contributed by atoms with Gasteiger partial charge in [0.1, 0.15) is 6.04 Å². The molecule has 0 saturated carbocycles. The average Bonchev–Trinajstić information content (AvgIpc) is 2.94. The molecule has 226 valence electrons. The predicted molar refractivity (Wildman–Crippen MR) is 172 cm³/mol. The lowest BCUT2D eigenvalue weighted by atomic mass is 10.0. The van der Waals surface area contributed by atoms with E-state index >= 15 is 0 Å². The molecule has 0 radical (unpaired) electrons. The summed E-state index contributed by atoms with van der Waals surface area (Å²) in [6.45, 7) is 6.48. The van der Waals surface area contributed by atoms with E-state index in [4.69, 9.17) is 23.2 Å². The lowest BCUT2D eigenvalue weighted by molar-refractivity contribution is -0.141. The summed E-state index contributed by atoms with van der Waals surface area (Å²) < 4.78 is 26.9. The third-order valence-corrected chi connectivity index (χ3v) is 8.86. The van der Waals surface area contributed by atoms with Crippen LogP contribution in [-0.2, 0) is 32.6 Å². The van der Waals surface area contributed by atoms with Gasteiger partial charge in [-0.2, -0.15) is 0 Å². The maximum atomic E-state index is 13.9. The normalized spacial score (nSPS) is 12.0. The molecule has 0 aliphatic heterocycles. The third-order valence-electron chi connectivity index (χ3n) is 6.94. The van der Waals surface area contributed by atoms with Gasteiger partial charge in [-0.25, -0.2) is 8.42 Å². The van der Waals surface area contributed by atoms with Crippen molar-refractivity contribution in [3.8, 4) is 0 Å². The Hall–Kier alpha value is -3.07. The van der Waals surface area contributed by atoms with Crippen LogP contribution in [0.15, 0.2) is 66.7 Å². The number of halogens is 2. The number of nitrogens with one attached hydrogen (secondary N) is 1. The van der Waals surface area contributed by atoms with Crippen LogP contribution in [0.2, 0.25) is 10.0 Å². The molecule has 3 aromatic carbocycles. The summed E-state index contributed by atoms with van der Waals surface area (Å²) in [5.74, 6) is -0.509. The van der Waals surface area contributed by atoms with E-state index in [2.05, 4.69) is 5.32 Å². The van der Waals surface area contributed by atoms with Gasteiger partial charge in [-0.3, -0.25) is 13.9 Å². The molecule has 10 heteroatoms. The summed E-state index contributed by atoms with van der Waals surface area (Å²) in [7, 11) is -3.60. The van der Waals surface area contributed by atoms with E-state index in [1.807, 2.05) is 69.3 Å². The zero-order chi connectivity index (χ0) is 30.9. The summed E-state index contributed by atoms with van der Waals surface area (Å²) >= 11 is 12.4. The Kier molecular flexibility index (Phi) is 12.3. The Bertz CT molecular complexity index is 1480. The van der Waals surface area contributed by atoms with E-state index in [-0.39, 0.29) is 37.7 Å². The van der Waals surface area contributed by atoms with Crippen LogP contribution in [0.5, 0.6) is 0 Å². The summed E-state index contributed by atoms with van der Waals surface area (Å²) in [6.07, 6.45) is 2.56.